The Kier molecular flexibility index (Phi) is 5.96. The van der Waals surface area contributed by atoms with Crippen LogP contribution in [0.3, 0.4) is 0 Å². The van der Waals surface area contributed by atoms with E-state index < -0.39 is 6.04 Å². The average Bonchev–Trinajstić information content (AvgIpc) is 3.29. The number of amides is 3. The van der Waals surface area contributed by atoms with Gasteiger partial charge >= 0.3 is 5.97 Å². The van der Waals surface area contributed by atoms with Crippen LogP contribution in [0.5, 0.6) is 0 Å². The number of imide groups is 1. The van der Waals surface area contributed by atoms with E-state index in [1.54, 1.807) is 9.96 Å². The van der Waals surface area contributed by atoms with Crippen molar-refractivity contribution < 1.29 is 24.0 Å². The number of hydrogen-bond donors (Lipinski definition) is 0. The molecule has 0 aliphatic carbocycles. The maximum Gasteiger partial charge on any atom is 0.325 e. The Labute approximate surface area is 173 Å². The largest absolute Gasteiger partial charge is 0.368 e. The van der Waals surface area contributed by atoms with Gasteiger partial charge in [-0.1, -0.05) is 6.42 Å². The summed E-state index contributed by atoms with van der Waals surface area (Å²) in [5, 5.41) is 5.43. The molecule has 4 rings (SSSR count). The van der Waals surface area contributed by atoms with Crippen LogP contribution in [0.15, 0.2) is 10.8 Å². The molecule has 0 saturated carbocycles. The normalized spacial score (nSPS) is 22.9. The van der Waals surface area contributed by atoms with E-state index in [1.807, 2.05) is 10.8 Å². The number of fused-ring (bicyclic) bond motifs is 1. The molecule has 2 fully saturated rings. The topological polar surface area (TPSA) is 87.2 Å². The summed E-state index contributed by atoms with van der Waals surface area (Å²) >= 11 is 1.48. The van der Waals surface area contributed by atoms with Gasteiger partial charge in [-0.25, -0.2) is 0 Å². The summed E-state index contributed by atoms with van der Waals surface area (Å²) in [7, 11) is 0. The lowest BCUT2D eigenvalue weighted by molar-refractivity contribution is -0.194. The fourth-order valence-corrected chi connectivity index (χ4v) is 4.99. The number of nitrogens with zero attached hydrogens (tertiary/aromatic N) is 3. The smallest absolute Gasteiger partial charge is 0.325 e. The molecule has 156 valence electrons. The van der Waals surface area contributed by atoms with Crippen molar-refractivity contribution in [3.8, 4) is 0 Å². The molecule has 4 heterocycles. The maximum absolute atomic E-state index is 12.9. The molecule has 1 aromatic rings. The maximum atomic E-state index is 12.9. The number of likely N-dealkylation sites (tertiary alicyclic amines) is 1. The number of thiophene rings is 1. The summed E-state index contributed by atoms with van der Waals surface area (Å²) in [5.74, 6) is -1.05. The van der Waals surface area contributed by atoms with Crippen LogP contribution >= 0.6 is 11.3 Å². The van der Waals surface area contributed by atoms with E-state index in [1.165, 1.54) is 16.2 Å². The third kappa shape index (κ3) is 4.20. The van der Waals surface area contributed by atoms with Crippen LogP contribution in [0.1, 0.15) is 60.9 Å². The summed E-state index contributed by atoms with van der Waals surface area (Å²) in [6, 6.07) is -0.613. The van der Waals surface area contributed by atoms with Crippen LogP contribution in [-0.2, 0) is 25.8 Å². The molecule has 3 aliphatic heterocycles. The molecule has 9 heteroatoms. The van der Waals surface area contributed by atoms with Gasteiger partial charge in [0.05, 0.1) is 5.56 Å². The molecule has 0 aromatic carbocycles. The van der Waals surface area contributed by atoms with Gasteiger partial charge in [0.1, 0.15) is 6.04 Å². The fraction of sp³-hybridized carbons (Fsp3) is 0.600. The number of carbonyl (C=O) groups excluding carboxylic acids is 4. The molecule has 0 bridgehead atoms. The minimum Gasteiger partial charge on any atom is -0.368 e. The first-order valence-electron chi connectivity index (χ1n) is 10.2. The summed E-state index contributed by atoms with van der Waals surface area (Å²) in [4.78, 5) is 57.9. The summed E-state index contributed by atoms with van der Waals surface area (Å²) < 4.78 is 0. The highest BCUT2D eigenvalue weighted by molar-refractivity contribution is 7.08. The molecule has 3 aliphatic rings. The molecular weight excluding hydrogens is 394 g/mol. The van der Waals surface area contributed by atoms with Gasteiger partial charge in [-0.3, -0.25) is 24.1 Å². The Morgan fingerprint density at radius 3 is 2.69 bits per heavy atom. The lowest BCUT2D eigenvalue weighted by atomic mass is 10.0. The van der Waals surface area contributed by atoms with Gasteiger partial charge < -0.3 is 9.74 Å². The van der Waals surface area contributed by atoms with Gasteiger partial charge in [-0.15, -0.1) is 5.06 Å². The molecule has 1 atom stereocenters. The quantitative estimate of drug-likeness (QED) is 0.655. The van der Waals surface area contributed by atoms with E-state index >= 15 is 0 Å². The summed E-state index contributed by atoms with van der Waals surface area (Å²) in [6.45, 7) is 2.10. The third-order valence-corrected chi connectivity index (χ3v) is 6.54. The second-order valence-electron chi connectivity index (χ2n) is 7.74. The molecule has 3 amide bonds. The van der Waals surface area contributed by atoms with E-state index in [9.17, 15) is 19.2 Å². The van der Waals surface area contributed by atoms with Crippen molar-refractivity contribution in [2.24, 2.45) is 0 Å². The fourth-order valence-electron chi connectivity index (χ4n) is 4.17. The highest BCUT2D eigenvalue weighted by atomic mass is 32.1. The Balaban J connectivity index is 1.29. The minimum atomic E-state index is -0.613. The molecule has 1 unspecified atom stereocenters. The van der Waals surface area contributed by atoms with Crippen molar-refractivity contribution in [3.05, 3.63) is 21.9 Å². The zero-order valence-electron chi connectivity index (χ0n) is 16.3. The first-order chi connectivity index (χ1) is 14.0. The van der Waals surface area contributed by atoms with Crippen molar-refractivity contribution >= 4 is 35.0 Å². The predicted molar refractivity (Wildman–Crippen MR) is 105 cm³/mol. The Hall–Kier alpha value is -2.26. The monoisotopic (exact) mass is 419 g/mol. The number of hydrogen-bond acceptors (Lipinski definition) is 7. The lowest BCUT2D eigenvalue weighted by Gasteiger charge is -2.35. The molecule has 29 heavy (non-hydrogen) atoms. The van der Waals surface area contributed by atoms with Gasteiger partial charge in [0.15, 0.2) is 0 Å². The van der Waals surface area contributed by atoms with E-state index in [0.717, 1.165) is 37.9 Å². The summed E-state index contributed by atoms with van der Waals surface area (Å²) in [6.07, 6.45) is 4.28. The van der Waals surface area contributed by atoms with Crippen LogP contribution in [0.25, 0.3) is 0 Å². The molecule has 8 nitrogen and oxygen atoms in total. The van der Waals surface area contributed by atoms with Gasteiger partial charge in [-0.2, -0.15) is 11.3 Å². The van der Waals surface area contributed by atoms with E-state index in [-0.39, 0.29) is 43.1 Å². The first-order valence-corrected chi connectivity index (χ1v) is 11.1. The highest BCUT2D eigenvalue weighted by Crippen LogP contribution is 2.31. The van der Waals surface area contributed by atoms with Crippen LogP contribution in [0, 0.1) is 0 Å². The van der Waals surface area contributed by atoms with E-state index in [2.05, 4.69) is 0 Å². The second-order valence-corrected chi connectivity index (χ2v) is 8.48. The Morgan fingerprint density at radius 1 is 1.14 bits per heavy atom. The summed E-state index contributed by atoms with van der Waals surface area (Å²) in [5.41, 5.74) is 1.60. The second kappa shape index (κ2) is 8.62. The van der Waals surface area contributed by atoms with E-state index in [0.29, 0.717) is 24.9 Å². The molecule has 1 aromatic heterocycles. The van der Waals surface area contributed by atoms with Crippen molar-refractivity contribution in [1.82, 2.24) is 14.9 Å². The standard InChI is InChI=1S/C20H25N3O5S/c24-17-7-6-16(23-11-14-12-29-13-15(14)19(23)26)20(27)22(17)10-4-5-18(25)28-21-8-2-1-3-9-21/h12-13,16H,1-11H2. The number of hydroxylamine groups is 2. The molecule has 0 spiro atoms. The van der Waals surface area contributed by atoms with Gasteiger partial charge in [0, 0.05) is 44.4 Å². The van der Waals surface area contributed by atoms with Crippen molar-refractivity contribution in [1.29, 1.82) is 0 Å². The van der Waals surface area contributed by atoms with Crippen molar-refractivity contribution in [3.63, 3.8) is 0 Å². The van der Waals surface area contributed by atoms with Crippen LogP contribution in [0.2, 0.25) is 0 Å². The van der Waals surface area contributed by atoms with Crippen LogP contribution in [0.4, 0.5) is 0 Å². The Bertz CT molecular complexity index is 817. The Morgan fingerprint density at radius 2 is 1.93 bits per heavy atom. The molecule has 0 N–H and O–H groups in total. The SMILES string of the molecule is O=C(CCCN1C(=O)CCC(N2Cc3cscc3C2=O)C1=O)ON1CCCCC1. The molecule has 0 radical (unpaired) electrons. The van der Waals surface area contributed by atoms with Crippen molar-refractivity contribution in [2.75, 3.05) is 19.6 Å². The lowest BCUT2D eigenvalue weighted by Crippen LogP contribution is -2.54. The first kappa shape index (κ1) is 20.0. The zero-order chi connectivity index (χ0) is 20.4. The molecular formula is C20H25N3O5S. The third-order valence-electron chi connectivity index (χ3n) is 5.74. The van der Waals surface area contributed by atoms with E-state index in [4.69, 9.17) is 4.84 Å². The number of carbonyl (C=O) groups is 4. The van der Waals surface area contributed by atoms with Crippen LogP contribution < -0.4 is 0 Å². The average molecular weight is 420 g/mol. The highest BCUT2D eigenvalue weighted by Gasteiger charge is 2.42. The predicted octanol–water partition coefficient (Wildman–Crippen LogP) is 1.95. The van der Waals surface area contributed by atoms with Gasteiger partial charge in [0.2, 0.25) is 5.91 Å². The van der Waals surface area contributed by atoms with Gasteiger partial charge in [0.25, 0.3) is 11.8 Å². The van der Waals surface area contributed by atoms with Crippen LogP contribution in [-0.4, -0.2) is 64.2 Å². The number of piperidine rings is 2. The zero-order valence-corrected chi connectivity index (χ0v) is 17.1. The number of rotatable bonds is 6. The van der Waals surface area contributed by atoms with Crippen molar-refractivity contribution in [2.45, 2.75) is 57.5 Å². The van der Waals surface area contributed by atoms with Gasteiger partial charge in [-0.05, 0) is 36.6 Å². The molecule has 2 saturated heterocycles. The minimum absolute atomic E-state index is 0.140.